The molecule has 0 saturated heterocycles. The Labute approximate surface area is 57.1 Å². The summed E-state index contributed by atoms with van der Waals surface area (Å²) in [4.78, 5) is 0. The average Bonchev–Trinajstić information content (AvgIpc) is 2.38. The van der Waals surface area contributed by atoms with Crippen LogP contribution in [0.2, 0.25) is 0 Å². The van der Waals surface area contributed by atoms with Crippen LogP contribution in [-0.4, -0.2) is 12.2 Å². The molecule has 0 radical (unpaired) electrons. The molecule has 2 atom stereocenters. The molecule has 2 rings (SSSR count). The highest BCUT2D eigenvalue weighted by atomic mass is 16.2. The SMILES string of the molecule is CC12CCCC1C2.CO. The molecule has 2 fully saturated rings. The molecule has 1 nitrogen and oxygen atoms in total. The van der Waals surface area contributed by atoms with Crippen LogP contribution in [0.5, 0.6) is 0 Å². The summed E-state index contributed by atoms with van der Waals surface area (Å²) in [6, 6.07) is 0. The van der Waals surface area contributed by atoms with E-state index in [2.05, 4.69) is 6.92 Å². The Kier molecular flexibility index (Phi) is 1.80. The van der Waals surface area contributed by atoms with Crippen molar-refractivity contribution in [2.75, 3.05) is 7.11 Å². The second-order valence-corrected chi connectivity index (χ2v) is 3.45. The van der Waals surface area contributed by atoms with Crippen molar-refractivity contribution in [2.24, 2.45) is 11.3 Å². The smallest absolute Gasteiger partial charge is 0.0319 e. The van der Waals surface area contributed by atoms with E-state index in [-0.39, 0.29) is 0 Å². The number of aliphatic hydroxyl groups is 1. The molecule has 2 unspecified atom stereocenters. The number of fused-ring (bicyclic) bond motifs is 1. The van der Waals surface area contributed by atoms with E-state index in [4.69, 9.17) is 5.11 Å². The molecular weight excluding hydrogens is 112 g/mol. The van der Waals surface area contributed by atoms with E-state index in [0.29, 0.717) is 0 Å². The Balaban J connectivity index is 0.000000186. The van der Waals surface area contributed by atoms with Gasteiger partial charge in [0.2, 0.25) is 0 Å². The fourth-order valence-electron chi connectivity index (χ4n) is 2.01. The Hall–Kier alpha value is -0.0400. The van der Waals surface area contributed by atoms with Crippen LogP contribution in [0.25, 0.3) is 0 Å². The van der Waals surface area contributed by atoms with Gasteiger partial charge in [-0.3, -0.25) is 0 Å². The second-order valence-electron chi connectivity index (χ2n) is 3.45. The highest BCUT2D eigenvalue weighted by Gasteiger charge is 2.52. The van der Waals surface area contributed by atoms with Gasteiger partial charge in [-0.2, -0.15) is 0 Å². The molecule has 0 amide bonds. The standard InChI is InChI=1S/C7H12.CH4O/c1-7-4-2-3-6(7)5-7;1-2/h6H,2-5H2,1H3;2H,1H3. The lowest BCUT2D eigenvalue weighted by Gasteiger charge is -1.96. The van der Waals surface area contributed by atoms with Crippen LogP contribution in [0, 0.1) is 11.3 Å². The lowest BCUT2D eigenvalue weighted by Crippen LogP contribution is -1.85. The molecule has 0 aromatic carbocycles. The summed E-state index contributed by atoms with van der Waals surface area (Å²) < 4.78 is 0. The van der Waals surface area contributed by atoms with Crippen molar-refractivity contribution in [3.05, 3.63) is 0 Å². The van der Waals surface area contributed by atoms with Crippen molar-refractivity contribution in [2.45, 2.75) is 32.6 Å². The van der Waals surface area contributed by atoms with Crippen LogP contribution in [0.15, 0.2) is 0 Å². The van der Waals surface area contributed by atoms with Gasteiger partial charge in [0.05, 0.1) is 0 Å². The number of rotatable bonds is 0. The Morgan fingerprint density at radius 1 is 1.44 bits per heavy atom. The minimum absolute atomic E-state index is 0.861. The van der Waals surface area contributed by atoms with Crippen LogP contribution in [-0.2, 0) is 0 Å². The van der Waals surface area contributed by atoms with Gasteiger partial charge < -0.3 is 5.11 Å². The maximum absolute atomic E-state index is 7.00. The summed E-state index contributed by atoms with van der Waals surface area (Å²) in [5, 5.41) is 7.00. The molecule has 0 heterocycles. The van der Waals surface area contributed by atoms with Gasteiger partial charge in [0.15, 0.2) is 0 Å². The largest absolute Gasteiger partial charge is 0.400 e. The Bertz CT molecular complexity index is 98.7. The minimum atomic E-state index is 0.861. The van der Waals surface area contributed by atoms with E-state index in [1.807, 2.05) is 0 Å². The molecule has 1 heteroatoms. The molecule has 0 spiro atoms. The van der Waals surface area contributed by atoms with Crippen molar-refractivity contribution in [3.8, 4) is 0 Å². The van der Waals surface area contributed by atoms with Gasteiger partial charge in [-0.05, 0) is 30.6 Å². The third kappa shape index (κ3) is 1.11. The van der Waals surface area contributed by atoms with Crippen LogP contribution < -0.4 is 0 Å². The zero-order valence-electron chi connectivity index (χ0n) is 6.35. The van der Waals surface area contributed by atoms with E-state index < -0.39 is 0 Å². The zero-order chi connectivity index (χ0) is 6.91. The molecule has 2 saturated carbocycles. The summed E-state index contributed by atoms with van der Waals surface area (Å²) in [6.07, 6.45) is 6.13. The molecule has 0 aromatic heterocycles. The van der Waals surface area contributed by atoms with Crippen molar-refractivity contribution in [1.29, 1.82) is 0 Å². The normalized spacial score (nSPS) is 45.0. The van der Waals surface area contributed by atoms with E-state index in [1.54, 1.807) is 6.42 Å². The third-order valence-electron chi connectivity index (χ3n) is 2.84. The van der Waals surface area contributed by atoms with Gasteiger partial charge in [0.25, 0.3) is 0 Å². The van der Waals surface area contributed by atoms with Gasteiger partial charge in [-0.25, -0.2) is 0 Å². The summed E-state index contributed by atoms with van der Waals surface area (Å²) in [5.74, 6) is 1.16. The number of hydrogen-bond acceptors (Lipinski definition) is 1. The van der Waals surface area contributed by atoms with Gasteiger partial charge in [-0.1, -0.05) is 13.3 Å². The van der Waals surface area contributed by atoms with Crippen LogP contribution in [0.1, 0.15) is 32.6 Å². The lowest BCUT2D eigenvalue weighted by atomic mass is 10.1. The van der Waals surface area contributed by atoms with Crippen molar-refractivity contribution in [1.82, 2.24) is 0 Å². The first-order valence-electron chi connectivity index (χ1n) is 3.76. The predicted molar refractivity (Wildman–Crippen MR) is 38.2 cm³/mol. The van der Waals surface area contributed by atoms with E-state index in [1.165, 1.54) is 19.3 Å². The highest BCUT2D eigenvalue weighted by Crippen LogP contribution is 2.62. The molecule has 2 aliphatic carbocycles. The van der Waals surface area contributed by atoms with Gasteiger partial charge in [0, 0.05) is 7.11 Å². The fraction of sp³-hybridized carbons (Fsp3) is 1.00. The first-order valence-corrected chi connectivity index (χ1v) is 3.76. The third-order valence-corrected chi connectivity index (χ3v) is 2.84. The van der Waals surface area contributed by atoms with Crippen LogP contribution in [0.3, 0.4) is 0 Å². The zero-order valence-corrected chi connectivity index (χ0v) is 6.35. The number of aliphatic hydroxyl groups excluding tert-OH is 1. The van der Waals surface area contributed by atoms with Crippen molar-refractivity contribution < 1.29 is 5.11 Å². The summed E-state index contributed by atoms with van der Waals surface area (Å²) in [5.41, 5.74) is 0.861. The summed E-state index contributed by atoms with van der Waals surface area (Å²) >= 11 is 0. The van der Waals surface area contributed by atoms with Gasteiger partial charge >= 0.3 is 0 Å². The molecule has 0 aromatic rings. The fourth-order valence-corrected chi connectivity index (χ4v) is 2.01. The van der Waals surface area contributed by atoms with E-state index >= 15 is 0 Å². The van der Waals surface area contributed by atoms with Gasteiger partial charge in [0.1, 0.15) is 0 Å². The lowest BCUT2D eigenvalue weighted by molar-refractivity contribution is 0.399. The quantitative estimate of drug-likeness (QED) is 0.527. The first-order chi connectivity index (χ1) is 4.31. The van der Waals surface area contributed by atoms with Gasteiger partial charge in [-0.15, -0.1) is 0 Å². The summed E-state index contributed by atoms with van der Waals surface area (Å²) in [7, 11) is 1.00. The molecule has 54 valence electrons. The summed E-state index contributed by atoms with van der Waals surface area (Å²) in [6.45, 7) is 2.44. The van der Waals surface area contributed by atoms with Crippen LogP contribution >= 0.6 is 0 Å². The maximum Gasteiger partial charge on any atom is 0.0319 e. The molecule has 0 bridgehead atoms. The van der Waals surface area contributed by atoms with E-state index in [0.717, 1.165) is 18.4 Å². The number of hydrogen-bond donors (Lipinski definition) is 1. The average molecular weight is 128 g/mol. The second kappa shape index (κ2) is 2.30. The Morgan fingerprint density at radius 3 is 2.22 bits per heavy atom. The topological polar surface area (TPSA) is 20.2 Å². The minimum Gasteiger partial charge on any atom is -0.400 e. The van der Waals surface area contributed by atoms with E-state index in [9.17, 15) is 0 Å². The monoisotopic (exact) mass is 128 g/mol. The maximum atomic E-state index is 7.00. The molecule has 2 aliphatic rings. The van der Waals surface area contributed by atoms with Crippen molar-refractivity contribution in [3.63, 3.8) is 0 Å². The highest BCUT2D eigenvalue weighted by molar-refractivity contribution is 5.02. The Morgan fingerprint density at radius 2 is 2.11 bits per heavy atom. The molecule has 0 aliphatic heterocycles. The van der Waals surface area contributed by atoms with Crippen molar-refractivity contribution >= 4 is 0 Å². The van der Waals surface area contributed by atoms with Crippen LogP contribution in [0.4, 0.5) is 0 Å². The molecular formula is C8H16O. The molecule has 1 N–H and O–H groups in total. The predicted octanol–water partition coefficient (Wildman–Crippen LogP) is 1.81. The first kappa shape index (κ1) is 7.07. The molecule has 9 heavy (non-hydrogen) atoms.